The van der Waals surface area contributed by atoms with E-state index in [9.17, 15) is 9.90 Å². The monoisotopic (exact) mass is 262 g/mol. The maximum absolute atomic E-state index is 11.3. The molecule has 0 aliphatic carbocycles. The van der Waals surface area contributed by atoms with Crippen molar-refractivity contribution in [3.05, 3.63) is 54.4 Å². The summed E-state index contributed by atoms with van der Waals surface area (Å²) >= 11 is 0. The van der Waals surface area contributed by atoms with Crippen LogP contribution in [0.3, 0.4) is 0 Å². The first-order valence-electron chi connectivity index (χ1n) is 6.26. The van der Waals surface area contributed by atoms with Gasteiger partial charge in [0.1, 0.15) is 0 Å². The number of aromatic amines is 1. The third-order valence-electron chi connectivity index (χ3n) is 3.65. The number of pyridine rings is 1. The third-order valence-corrected chi connectivity index (χ3v) is 3.65. The Bertz CT molecular complexity index is 986. The second-order valence-electron chi connectivity index (χ2n) is 4.74. The molecule has 4 rings (SSSR count). The van der Waals surface area contributed by atoms with Gasteiger partial charge in [-0.15, -0.1) is 0 Å². The van der Waals surface area contributed by atoms with Crippen LogP contribution in [-0.2, 0) is 0 Å². The molecule has 4 aromatic rings. The number of aromatic nitrogens is 2. The van der Waals surface area contributed by atoms with E-state index in [0.29, 0.717) is 5.52 Å². The number of benzene rings is 2. The molecule has 0 amide bonds. The number of nitrogens with zero attached hydrogens (tertiary/aromatic N) is 1. The minimum absolute atomic E-state index is 0.288. The Morgan fingerprint density at radius 2 is 2.00 bits per heavy atom. The molecule has 2 N–H and O–H groups in total. The molecule has 0 atom stereocenters. The van der Waals surface area contributed by atoms with Crippen molar-refractivity contribution < 1.29 is 9.90 Å². The fraction of sp³-hybridized carbons (Fsp3) is 0. The van der Waals surface area contributed by atoms with Crippen molar-refractivity contribution >= 4 is 38.5 Å². The zero-order chi connectivity index (χ0) is 13.7. The lowest BCUT2D eigenvalue weighted by Crippen LogP contribution is -1.96. The first-order valence-corrected chi connectivity index (χ1v) is 6.26. The lowest BCUT2D eigenvalue weighted by molar-refractivity contribution is 0.0699. The Balaban J connectivity index is 2.29. The average molecular weight is 262 g/mol. The average Bonchev–Trinajstić information content (AvgIpc) is 2.85. The second kappa shape index (κ2) is 3.81. The van der Waals surface area contributed by atoms with Crippen molar-refractivity contribution in [3.8, 4) is 0 Å². The maximum atomic E-state index is 11.3. The van der Waals surface area contributed by atoms with Crippen molar-refractivity contribution in [2.45, 2.75) is 0 Å². The minimum atomic E-state index is -0.926. The highest BCUT2D eigenvalue weighted by Gasteiger charge is 2.14. The van der Waals surface area contributed by atoms with Gasteiger partial charge in [0.15, 0.2) is 0 Å². The van der Waals surface area contributed by atoms with Gasteiger partial charge in [-0.3, -0.25) is 4.98 Å². The van der Waals surface area contributed by atoms with Gasteiger partial charge in [-0.2, -0.15) is 0 Å². The summed E-state index contributed by atoms with van der Waals surface area (Å²) < 4.78 is 0. The molecular formula is C16H10N2O2. The highest BCUT2D eigenvalue weighted by molar-refractivity contribution is 6.22. The van der Waals surface area contributed by atoms with Gasteiger partial charge in [0.05, 0.1) is 11.1 Å². The minimum Gasteiger partial charge on any atom is -0.478 e. The molecule has 96 valence electrons. The third kappa shape index (κ3) is 1.36. The largest absolute Gasteiger partial charge is 0.478 e. The molecule has 0 bridgehead atoms. The van der Waals surface area contributed by atoms with Crippen molar-refractivity contribution in [2.24, 2.45) is 0 Å². The number of H-pyrrole nitrogens is 1. The van der Waals surface area contributed by atoms with Gasteiger partial charge in [-0.05, 0) is 23.6 Å². The second-order valence-corrected chi connectivity index (χ2v) is 4.74. The van der Waals surface area contributed by atoms with Gasteiger partial charge in [0, 0.05) is 34.1 Å². The Morgan fingerprint density at radius 1 is 1.10 bits per heavy atom. The summed E-state index contributed by atoms with van der Waals surface area (Å²) in [5.41, 5.74) is 1.87. The number of rotatable bonds is 1. The van der Waals surface area contributed by atoms with E-state index < -0.39 is 5.97 Å². The smallest absolute Gasteiger partial charge is 0.337 e. The van der Waals surface area contributed by atoms with E-state index >= 15 is 0 Å². The molecule has 2 aromatic heterocycles. The zero-order valence-corrected chi connectivity index (χ0v) is 10.4. The van der Waals surface area contributed by atoms with Crippen molar-refractivity contribution in [1.82, 2.24) is 9.97 Å². The first-order chi connectivity index (χ1) is 9.75. The topological polar surface area (TPSA) is 66.0 Å². The quantitative estimate of drug-likeness (QED) is 0.551. The van der Waals surface area contributed by atoms with Gasteiger partial charge >= 0.3 is 5.97 Å². The first kappa shape index (κ1) is 11.0. The molecule has 4 nitrogen and oxygen atoms in total. The SMILES string of the molecule is O=C(O)c1cccc2c1[nH]c1ccc3ccncc3c12. The Kier molecular flexibility index (Phi) is 2.09. The Morgan fingerprint density at radius 3 is 2.85 bits per heavy atom. The number of carboxylic acid groups (broad SMARTS) is 1. The summed E-state index contributed by atoms with van der Waals surface area (Å²) in [5, 5.41) is 13.3. The molecule has 2 aromatic carbocycles. The molecule has 0 spiro atoms. The van der Waals surface area contributed by atoms with Gasteiger partial charge in [-0.1, -0.05) is 18.2 Å². The predicted molar refractivity (Wildman–Crippen MR) is 78.1 cm³/mol. The summed E-state index contributed by atoms with van der Waals surface area (Å²) in [4.78, 5) is 18.7. The van der Waals surface area contributed by atoms with Gasteiger partial charge in [0.25, 0.3) is 0 Å². The number of carboxylic acids is 1. The molecule has 20 heavy (non-hydrogen) atoms. The normalized spacial score (nSPS) is 11.4. The number of para-hydroxylation sites is 1. The molecule has 0 radical (unpaired) electrons. The highest BCUT2D eigenvalue weighted by atomic mass is 16.4. The summed E-state index contributed by atoms with van der Waals surface area (Å²) in [6.07, 6.45) is 3.57. The molecule has 0 unspecified atom stereocenters. The maximum Gasteiger partial charge on any atom is 0.337 e. The van der Waals surface area contributed by atoms with E-state index in [-0.39, 0.29) is 5.56 Å². The van der Waals surface area contributed by atoms with Gasteiger partial charge in [-0.25, -0.2) is 4.79 Å². The van der Waals surface area contributed by atoms with Crippen LogP contribution < -0.4 is 0 Å². The summed E-state index contributed by atoms with van der Waals surface area (Å²) in [6.45, 7) is 0. The molecule has 0 aliphatic rings. The molecule has 0 fully saturated rings. The lowest BCUT2D eigenvalue weighted by atomic mass is 10.0. The van der Waals surface area contributed by atoms with E-state index in [1.807, 2.05) is 30.5 Å². The van der Waals surface area contributed by atoms with E-state index in [0.717, 1.165) is 27.1 Å². The van der Waals surface area contributed by atoms with Crippen molar-refractivity contribution in [1.29, 1.82) is 0 Å². The van der Waals surface area contributed by atoms with E-state index in [1.54, 1.807) is 18.3 Å². The van der Waals surface area contributed by atoms with Crippen LogP contribution in [0.2, 0.25) is 0 Å². The standard InChI is InChI=1S/C16H10N2O2/c19-16(20)11-3-1-2-10-14-12-8-17-7-6-9(12)4-5-13(14)18-15(10)11/h1-8,18H,(H,19,20). The van der Waals surface area contributed by atoms with Crippen molar-refractivity contribution in [3.63, 3.8) is 0 Å². The van der Waals surface area contributed by atoms with E-state index in [2.05, 4.69) is 9.97 Å². The summed E-state index contributed by atoms with van der Waals surface area (Å²) in [7, 11) is 0. The molecule has 4 heteroatoms. The molecule has 0 saturated heterocycles. The highest BCUT2D eigenvalue weighted by Crippen LogP contribution is 2.33. The predicted octanol–water partition coefficient (Wildman–Crippen LogP) is 3.57. The molecule has 2 heterocycles. The van der Waals surface area contributed by atoms with Crippen LogP contribution in [0.15, 0.2) is 48.8 Å². The number of hydrogen-bond acceptors (Lipinski definition) is 2. The number of nitrogens with one attached hydrogen (secondary N) is 1. The zero-order valence-electron chi connectivity index (χ0n) is 10.4. The van der Waals surface area contributed by atoms with Crippen LogP contribution in [0, 0.1) is 0 Å². The van der Waals surface area contributed by atoms with Crippen LogP contribution in [0.4, 0.5) is 0 Å². The van der Waals surface area contributed by atoms with Gasteiger partial charge in [0.2, 0.25) is 0 Å². The number of fused-ring (bicyclic) bond motifs is 5. The van der Waals surface area contributed by atoms with E-state index in [1.165, 1.54) is 0 Å². The lowest BCUT2D eigenvalue weighted by Gasteiger charge is -1.99. The molecule has 0 saturated carbocycles. The molecular weight excluding hydrogens is 252 g/mol. The number of carbonyl (C=O) groups is 1. The van der Waals surface area contributed by atoms with Gasteiger partial charge < -0.3 is 10.1 Å². The van der Waals surface area contributed by atoms with Crippen LogP contribution in [0.25, 0.3) is 32.6 Å². The van der Waals surface area contributed by atoms with Crippen LogP contribution in [0.1, 0.15) is 10.4 Å². The van der Waals surface area contributed by atoms with Crippen LogP contribution in [-0.4, -0.2) is 21.0 Å². The Labute approximate surface area is 113 Å². The molecule has 0 aliphatic heterocycles. The number of aromatic carboxylic acids is 1. The number of hydrogen-bond donors (Lipinski definition) is 2. The Hall–Kier alpha value is -2.88. The van der Waals surface area contributed by atoms with E-state index in [4.69, 9.17) is 0 Å². The van der Waals surface area contributed by atoms with Crippen molar-refractivity contribution in [2.75, 3.05) is 0 Å². The summed E-state index contributed by atoms with van der Waals surface area (Å²) in [6, 6.07) is 11.3. The fourth-order valence-electron chi connectivity index (χ4n) is 2.76. The van der Waals surface area contributed by atoms with Crippen LogP contribution >= 0.6 is 0 Å². The summed E-state index contributed by atoms with van der Waals surface area (Å²) in [5.74, 6) is -0.926. The van der Waals surface area contributed by atoms with Crippen LogP contribution in [0.5, 0.6) is 0 Å². The fourth-order valence-corrected chi connectivity index (χ4v) is 2.76.